The summed E-state index contributed by atoms with van der Waals surface area (Å²) >= 11 is 0. The van der Waals surface area contributed by atoms with Crippen LogP contribution in [0.25, 0.3) is 11.1 Å². The van der Waals surface area contributed by atoms with E-state index >= 15 is 0 Å². The molecule has 1 aromatic heterocycles. The molecule has 2 rings (SSSR count). The summed E-state index contributed by atoms with van der Waals surface area (Å²) in [5.41, 5.74) is 3.85. The van der Waals surface area contributed by atoms with Crippen molar-refractivity contribution >= 4 is 0 Å². The molecule has 0 fully saturated rings. The summed E-state index contributed by atoms with van der Waals surface area (Å²) in [6.45, 7) is 5.57. The van der Waals surface area contributed by atoms with Crippen molar-refractivity contribution in [1.82, 2.24) is 15.1 Å². The van der Waals surface area contributed by atoms with Gasteiger partial charge in [0, 0.05) is 30.4 Å². The molecule has 0 unspecified atom stereocenters. The van der Waals surface area contributed by atoms with Crippen molar-refractivity contribution < 1.29 is 4.39 Å². The third kappa shape index (κ3) is 3.01. The van der Waals surface area contributed by atoms with E-state index in [2.05, 4.69) is 17.3 Å². The van der Waals surface area contributed by atoms with Gasteiger partial charge in [0.1, 0.15) is 5.82 Å². The van der Waals surface area contributed by atoms with Crippen LogP contribution < -0.4 is 5.32 Å². The van der Waals surface area contributed by atoms with Gasteiger partial charge < -0.3 is 5.32 Å². The molecule has 2 aromatic rings. The smallest absolute Gasteiger partial charge is 0.127 e. The molecule has 19 heavy (non-hydrogen) atoms. The Morgan fingerprint density at radius 3 is 2.79 bits per heavy atom. The second-order valence-electron chi connectivity index (χ2n) is 4.75. The Labute approximate surface area is 113 Å². The number of aromatic nitrogens is 2. The van der Waals surface area contributed by atoms with Crippen LogP contribution >= 0.6 is 0 Å². The summed E-state index contributed by atoms with van der Waals surface area (Å²) in [7, 11) is 1.91. The molecule has 0 aliphatic rings. The summed E-state index contributed by atoms with van der Waals surface area (Å²) in [6, 6.07) is 5.25. The first-order valence-electron chi connectivity index (χ1n) is 6.61. The zero-order valence-corrected chi connectivity index (χ0v) is 11.7. The predicted octanol–water partition coefficient (Wildman–Crippen LogP) is 3.03. The molecule has 1 aromatic carbocycles. The van der Waals surface area contributed by atoms with Crippen LogP contribution in [0.5, 0.6) is 0 Å². The maximum atomic E-state index is 13.8. The zero-order valence-electron chi connectivity index (χ0n) is 11.7. The lowest BCUT2D eigenvalue weighted by atomic mass is 10.0. The number of hydrogen-bond donors (Lipinski definition) is 1. The van der Waals surface area contributed by atoms with E-state index in [4.69, 9.17) is 0 Å². The highest BCUT2D eigenvalue weighted by Crippen LogP contribution is 2.24. The van der Waals surface area contributed by atoms with Gasteiger partial charge in [-0.25, -0.2) is 4.39 Å². The van der Waals surface area contributed by atoms with Crippen LogP contribution in [0.1, 0.15) is 24.6 Å². The fourth-order valence-electron chi connectivity index (χ4n) is 2.06. The molecule has 4 heteroatoms. The summed E-state index contributed by atoms with van der Waals surface area (Å²) in [6.07, 6.45) is 2.87. The highest BCUT2D eigenvalue weighted by Gasteiger charge is 2.09. The van der Waals surface area contributed by atoms with Crippen LogP contribution in [0.15, 0.2) is 24.4 Å². The molecule has 1 heterocycles. The summed E-state index contributed by atoms with van der Waals surface area (Å²) in [5, 5.41) is 7.46. The standard InChI is InChI=1S/C15H20FN3/c1-4-7-17-9-13-8-12(5-6-15(13)16)14-10-18-19(3)11(14)2/h5-6,8,10,17H,4,7,9H2,1-3H3. The van der Waals surface area contributed by atoms with E-state index in [1.165, 1.54) is 6.07 Å². The monoisotopic (exact) mass is 261 g/mol. The molecule has 0 saturated heterocycles. The zero-order chi connectivity index (χ0) is 13.8. The number of nitrogens with one attached hydrogen (secondary N) is 1. The van der Waals surface area contributed by atoms with E-state index in [0.717, 1.165) is 29.8 Å². The molecule has 0 spiro atoms. The van der Waals surface area contributed by atoms with Crippen LogP contribution in [0.4, 0.5) is 4.39 Å². The van der Waals surface area contributed by atoms with Gasteiger partial charge in [-0.2, -0.15) is 5.10 Å². The lowest BCUT2D eigenvalue weighted by Crippen LogP contribution is -2.14. The van der Waals surface area contributed by atoms with Crippen molar-refractivity contribution in [1.29, 1.82) is 0 Å². The first kappa shape index (κ1) is 13.7. The molecule has 0 amide bonds. The SMILES string of the molecule is CCCNCc1cc(-c2cnn(C)c2C)ccc1F. The summed E-state index contributed by atoms with van der Waals surface area (Å²) in [5.74, 6) is -0.158. The number of nitrogens with zero attached hydrogens (tertiary/aromatic N) is 2. The van der Waals surface area contributed by atoms with E-state index in [-0.39, 0.29) is 5.82 Å². The predicted molar refractivity (Wildman–Crippen MR) is 75.3 cm³/mol. The highest BCUT2D eigenvalue weighted by molar-refractivity contribution is 5.65. The number of hydrogen-bond acceptors (Lipinski definition) is 2. The van der Waals surface area contributed by atoms with Gasteiger partial charge >= 0.3 is 0 Å². The molecule has 3 nitrogen and oxygen atoms in total. The largest absolute Gasteiger partial charge is 0.313 e. The van der Waals surface area contributed by atoms with Crippen LogP contribution in [-0.2, 0) is 13.6 Å². The minimum Gasteiger partial charge on any atom is -0.313 e. The lowest BCUT2D eigenvalue weighted by Gasteiger charge is -2.08. The van der Waals surface area contributed by atoms with E-state index in [1.54, 1.807) is 0 Å². The number of rotatable bonds is 5. The average molecular weight is 261 g/mol. The van der Waals surface area contributed by atoms with Gasteiger partial charge in [-0.1, -0.05) is 13.0 Å². The van der Waals surface area contributed by atoms with Gasteiger partial charge in [0.25, 0.3) is 0 Å². The summed E-state index contributed by atoms with van der Waals surface area (Å²) < 4.78 is 15.6. The molecular weight excluding hydrogens is 241 g/mol. The van der Waals surface area contributed by atoms with Gasteiger partial charge in [-0.05, 0) is 37.6 Å². The Kier molecular flexibility index (Phi) is 4.32. The minimum atomic E-state index is -0.158. The van der Waals surface area contributed by atoms with Gasteiger partial charge in [0.2, 0.25) is 0 Å². The lowest BCUT2D eigenvalue weighted by molar-refractivity contribution is 0.587. The van der Waals surface area contributed by atoms with Gasteiger partial charge in [-0.3, -0.25) is 4.68 Å². The van der Waals surface area contributed by atoms with Crippen molar-refractivity contribution in [2.75, 3.05) is 6.54 Å². The fourth-order valence-corrected chi connectivity index (χ4v) is 2.06. The molecule has 0 saturated carbocycles. The van der Waals surface area contributed by atoms with Crippen LogP contribution in [-0.4, -0.2) is 16.3 Å². The summed E-state index contributed by atoms with van der Waals surface area (Å²) in [4.78, 5) is 0. The molecule has 0 aliphatic heterocycles. The minimum absolute atomic E-state index is 0.158. The second kappa shape index (κ2) is 5.97. The molecule has 0 aliphatic carbocycles. The van der Waals surface area contributed by atoms with Crippen LogP contribution in [0, 0.1) is 12.7 Å². The van der Waals surface area contributed by atoms with Crippen molar-refractivity contribution in [2.24, 2.45) is 7.05 Å². The molecule has 1 N–H and O–H groups in total. The van der Waals surface area contributed by atoms with Crippen molar-refractivity contribution in [3.05, 3.63) is 41.5 Å². The topological polar surface area (TPSA) is 29.9 Å². The molecule has 0 atom stereocenters. The van der Waals surface area contributed by atoms with Gasteiger partial charge in [-0.15, -0.1) is 0 Å². The van der Waals surface area contributed by atoms with E-state index in [1.807, 2.05) is 37.0 Å². The molecule has 0 bridgehead atoms. The Morgan fingerprint density at radius 2 is 2.16 bits per heavy atom. The van der Waals surface area contributed by atoms with Gasteiger partial charge in [0.05, 0.1) is 6.20 Å². The highest BCUT2D eigenvalue weighted by atomic mass is 19.1. The maximum absolute atomic E-state index is 13.8. The van der Waals surface area contributed by atoms with Crippen molar-refractivity contribution in [3.8, 4) is 11.1 Å². The van der Waals surface area contributed by atoms with Gasteiger partial charge in [0.15, 0.2) is 0 Å². The fraction of sp³-hybridized carbons (Fsp3) is 0.400. The third-order valence-electron chi connectivity index (χ3n) is 3.33. The maximum Gasteiger partial charge on any atom is 0.127 e. The Morgan fingerprint density at radius 1 is 1.37 bits per heavy atom. The normalized spacial score (nSPS) is 10.9. The Bertz CT molecular complexity index is 561. The van der Waals surface area contributed by atoms with E-state index in [0.29, 0.717) is 12.1 Å². The van der Waals surface area contributed by atoms with Crippen molar-refractivity contribution in [2.45, 2.75) is 26.8 Å². The molecular formula is C15H20FN3. The first-order chi connectivity index (χ1) is 9.13. The quantitative estimate of drug-likeness (QED) is 0.838. The number of aryl methyl sites for hydroxylation is 1. The van der Waals surface area contributed by atoms with Crippen LogP contribution in [0.3, 0.4) is 0 Å². The molecule has 102 valence electrons. The third-order valence-corrected chi connectivity index (χ3v) is 3.33. The van der Waals surface area contributed by atoms with Crippen molar-refractivity contribution in [3.63, 3.8) is 0 Å². The first-order valence-corrected chi connectivity index (χ1v) is 6.61. The Hall–Kier alpha value is -1.68. The van der Waals surface area contributed by atoms with Crippen LogP contribution in [0.2, 0.25) is 0 Å². The number of benzene rings is 1. The van der Waals surface area contributed by atoms with E-state index < -0.39 is 0 Å². The number of halogens is 1. The Balaban J connectivity index is 2.27. The second-order valence-corrected chi connectivity index (χ2v) is 4.75. The average Bonchev–Trinajstić information content (AvgIpc) is 2.73. The van der Waals surface area contributed by atoms with E-state index in [9.17, 15) is 4.39 Å². The molecule has 0 radical (unpaired) electrons.